The highest BCUT2D eigenvalue weighted by atomic mass is 35.5. The number of hydrogen-bond donors (Lipinski definition) is 3. The van der Waals surface area contributed by atoms with E-state index in [-0.39, 0.29) is 36.3 Å². The van der Waals surface area contributed by atoms with Crippen LogP contribution in [0.5, 0.6) is 0 Å². The quantitative estimate of drug-likeness (QED) is 0.775. The molecular formula is C19H23ClN2O2. The molecule has 0 saturated carbocycles. The Kier molecular flexibility index (Phi) is 6.79. The molecule has 0 aliphatic carbocycles. The van der Waals surface area contributed by atoms with Crippen molar-refractivity contribution in [1.29, 1.82) is 0 Å². The van der Waals surface area contributed by atoms with E-state index < -0.39 is 0 Å². The third-order valence-electron chi connectivity index (χ3n) is 4.37. The van der Waals surface area contributed by atoms with Crippen LogP contribution in [0, 0.1) is 5.92 Å². The Bertz CT molecular complexity index is 597. The van der Waals surface area contributed by atoms with Gasteiger partial charge in [0.25, 0.3) is 0 Å². The predicted octanol–water partition coefficient (Wildman–Crippen LogP) is 1.94. The second-order valence-corrected chi connectivity index (χ2v) is 5.99. The van der Waals surface area contributed by atoms with E-state index in [0.717, 1.165) is 17.7 Å². The van der Waals surface area contributed by atoms with Crippen LogP contribution in [0.1, 0.15) is 17.0 Å². The summed E-state index contributed by atoms with van der Waals surface area (Å²) in [5.74, 6) is -0.281. The highest BCUT2D eigenvalue weighted by molar-refractivity contribution is 5.87. The Morgan fingerprint density at radius 2 is 1.58 bits per heavy atom. The van der Waals surface area contributed by atoms with Gasteiger partial charge in [-0.3, -0.25) is 4.79 Å². The molecule has 0 radical (unpaired) electrons. The van der Waals surface area contributed by atoms with Crippen molar-refractivity contribution in [3.05, 3.63) is 71.8 Å². The third kappa shape index (κ3) is 4.35. The maximum absolute atomic E-state index is 12.8. The number of amides is 1. The summed E-state index contributed by atoms with van der Waals surface area (Å²) in [6, 6.07) is 19.6. The molecule has 2 aromatic carbocycles. The second-order valence-electron chi connectivity index (χ2n) is 5.99. The van der Waals surface area contributed by atoms with Gasteiger partial charge in [0.05, 0.1) is 12.0 Å². The van der Waals surface area contributed by atoms with Crippen LogP contribution < -0.4 is 10.6 Å². The van der Waals surface area contributed by atoms with Crippen LogP contribution in [-0.2, 0) is 4.79 Å². The van der Waals surface area contributed by atoms with Crippen LogP contribution >= 0.6 is 12.4 Å². The molecule has 0 spiro atoms. The van der Waals surface area contributed by atoms with Crippen molar-refractivity contribution < 1.29 is 9.90 Å². The van der Waals surface area contributed by atoms with Crippen molar-refractivity contribution in [3.63, 3.8) is 0 Å². The summed E-state index contributed by atoms with van der Waals surface area (Å²) < 4.78 is 0. The smallest absolute Gasteiger partial charge is 0.232 e. The number of carbonyl (C=O) groups excluding carboxylic acids is 1. The first kappa shape index (κ1) is 18.5. The zero-order valence-electron chi connectivity index (χ0n) is 13.4. The van der Waals surface area contributed by atoms with Gasteiger partial charge < -0.3 is 15.7 Å². The van der Waals surface area contributed by atoms with Gasteiger partial charge in [0, 0.05) is 25.6 Å². The molecule has 2 unspecified atom stereocenters. The van der Waals surface area contributed by atoms with Crippen molar-refractivity contribution in [2.24, 2.45) is 5.92 Å². The van der Waals surface area contributed by atoms with Gasteiger partial charge in [-0.05, 0) is 11.1 Å². The zero-order valence-corrected chi connectivity index (χ0v) is 14.2. The maximum Gasteiger partial charge on any atom is 0.232 e. The highest BCUT2D eigenvalue weighted by Gasteiger charge is 2.27. The summed E-state index contributed by atoms with van der Waals surface area (Å²) in [5, 5.41) is 16.0. The molecule has 1 aliphatic rings. The summed E-state index contributed by atoms with van der Waals surface area (Å²) in [6.07, 6.45) is -0.387. The van der Waals surface area contributed by atoms with Crippen molar-refractivity contribution in [2.45, 2.75) is 12.0 Å². The molecule has 2 aromatic rings. The van der Waals surface area contributed by atoms with Gasteiger partial charge in [0.2, 0.25) is 5.91 Å². The largest absolute Gasteiger partial charge is 0.391 e. The molecule has 1 heterocycles. The lowest BCUT2D eigenvalue weighted by molar-refractivity contribution is -0.121. The van der Waals surface area contributed by atoms with Crippen LogP contribution in [0.4, 0.5) is 0 Å². The minimum absolute atomic E-state index is 0. The minimum Gasteiger partial charge on any atom is -0.391 e. The molecule has 3 N–H and O–H groups in total. The fourth-order valence-electron chi connectivity index (χ4n) is 3.05. The van der Waals surface area contributed by atoms with Crippen molar-refractivity contribution in [1.82, 2.24) is 10.6 Å². The summed E-state index contributed by atoms with van der Waals surface area (Å²) in [7, 11) is 0. The van der Waals surface area contributed by atoms with E-state index >= 15 is 0 Å². The summed E-state index contributed by atoms with van der Waals surface area (Å²) in [4.78, 5) is 12.8. The zero-order chi connectivity index (χ0) is 16.1. The number of aliphatic hydroxyl groups is 1. The molecule has 4 nitrogen and oxygen atoms in total. The minimum atomic E-state index is -0.387. The van der Waals surface area contributed by atoms with Gasteiger partial charge in [-0.25, -0.2) is 0 Å². The molecule has 5 heteroatoms. The van der Waals surface area contributed by atoms with Gasteiger partial charge in [0.15, 0.2) is 0 Å². The SMILES string of the molecule is Cl.O=C(NCC1CNCC1O)C(c1ccccc1)c1ccccc1. The fraction of sp³-hybridized carbons (Fsp3) is 0.316. The summed E-state index contributed by atoms with van der Waals surface area (Å²) in [5.41, 5.74) is 1.95. The van der Waals surface area contributed by atoms with Crippen LogP contribution in [0.15, 0.2) is 60.7 Å². The number of carbonyl (C=O) groups is 1. The molecule has 0 bridgehead atoms. The first-order valence-corrected chi connectivity index (χ1v) is 8.02. The van der Waals surface area contributed by atoms with E-state index in [4.69, 9.17) is 0 Å². The van der Waals surface area contributed by atoms with E-state index in [1.807, 2.05) is 60.7 Å². The molecule has 0 aromatic heterocycles. The predicted molar refractivity (Wildman–Crippen MR) is 97.4 cm³/mol. The average molecular weight is 347 g/mol. The molecule has 1 aliphatic heterocycles. The van der Waals surface area contributed by atoms with E-state index in [1.54, 1.807) is 0 Å². The maximum atomic E-state index is 12.8. The van der Waals surface area contributed by atoms with Gasteiger partial charge in [-0.2, -0.15) is 0 Å². The second kappa shape index (κ2) is 8.83. The lowest BCUT2D eigenvalue weighted by Gasteiger charge is -2.20. The molecule has 24 heavy (non-hydrogen) atoms. The van der Waals surface area contributed by atoms with Crippen molar-refractivity contribution in [2.75, 3.05) is 19.6 Å². The molecule has 3 rings (SSSR count). The summed E-state index contributed by atoms with van der Waals surface area (Å²) >= 11 is 0. The average Bonchev–Trinajstić information content (AvgIpc) is 3.00. The van der Waals surface area contributed by atoms with Gasteiger partial charge >= 0.3 is 0 Å². The number of aliphatic hydroxyl groups excluding tert-OH is 1. The van der Waals surface area contributed by atoms with Crippen molar-refractivity contribution >= 4 is 18.3 Å². The van der Waals surface area contributed by atoms with Crippen LogP contribution in [-0.4, -0.2) is 36.8 Å². The monoisotopic (exact) mass is 346 g/mol. The number of rotatable bonds is 5. The highest BCUT2D eigenvalue weighted by Crippen LogP contribution is 2.24. The molecule has 1 amide bonds. The van der Waals surface area contributed by atoms with Gasteiger partial charge in [0.1, 0.15) is 0 Å². The first-order valence-electron chi connectivity index (χ1n) is 8.02. The number of nitrogens with one attached hydrogen (secondary N) is 2. The fourth-order valence-corrected chi connectivity index (χ4v) is 3.05. The van der Waals surface area contributed by atoms with E-state index in [2.05, 4.69) is 10.6 Å². The Hall–Kier alpha value is -1.88. The topological polar surface area (TPSA) is 61.4 Å². The number of halogens is 1. The normalized spacial score (nSPS) is 19.8. The molecule has 128 valence electrons. The Morgan fingerprint density at radius 3 is 2.04 bits per heavy atom. The standard InChI is InChI=1S/C19H22N2O2.ClH/c22-17-13-20-11-16(17)12-21-19(23)18(14-7-3-1-4-8-14)15-9-5-2-6-10-15;/h1-10,16-18,20,22H,11-13H2,(H,21,23);1H. The third-order valence-corrected chi connectivity index (χ3v) is 4.37. The molecule has 1 fully saturated rings. The van der Waals surface area contributed by atoms with Crippen LogP contribution in [0.25, 0.3) is 0 Å². The first-order chi connectivity index (χ1) is 11.3. The van der Waals surface area contributed by atoms with E-state index in [1.165, 1.54) is 0 Å². The van der Waals surface area contributed by atoms with E-state index in [9.17, 15) is 9.90 Å². The van der Waals surface area contributed by atoms with Gasteiger partial charge in [-0.15, -0.1) is 12.4 Å². The van der Waals surface area contributed by atoms with Crippen LogP contribution in [0.3, 0.4) is 0 Å². The Morgan fingerprint density at radius 1 is 1.04 bits per heavy atom. The molecular weight excluding hydrogens is 324 g/mol. The molecule has 2 atom stereocenters. The number of hydrogen-bond acceptors (Lipinski definition) is 3. The van der Waals surface area contributed by atoms with Crippen LogP contribution in [0.2, 0.25) is 0 Å². The Balaban J connectivity index is 0.00000208. The molecule has 1 saturated heterocycles. The number of β-amino-alcohol motifs (C(OH)–C–C–N with tert-alkyl or cyclic N) is 1. The number of benzene rings is 2. The lowest BCUT2D eigenvalue weighted by Crippen LogP contribution is -2.37. The Labute approximate surface area is 148 Å². The lowest BCUT2D eigenvalue weighted by atomic mass is 9.90. The summed E-state index contributed by atoms with van der Waals surface area (Å²) in [6.45, 7) is 1.83. The van der Waals surface area contributed by atoms with Gasteiger partial charge in [-0.1, -0.05) is 60.7 Å². The van der Waals surface area contributed by atoms with Crippen molar-refractivity contribution in [3.8, 4) is 0 Å². The van der Waals surface area contributed by atoms with E-state index in [0.29, 0.717) is 13.1 Å².